The van der Waals surface area contributed by atoms with Crippen LogP contribution in [0.2, 0.25) is 0 Å². The zero-order valence-electron chi connectivity index (χ0n) is 21.9. The minimum atomic E-state index is -1.03. The Labute approximate surface area is 240 Å². The van der Waals surface area contributed by atoms with E-state index in [0.29, 0.717) is 38.2 Å². The van der Waals surface area contributed by atoms with Gasteiger partial charge in [0.1, 0.15) is 17.2 Å². The summed E-state index contributed by atoms with van der Waals surface area (Å²) in [5, 5.41) is 27.8. The number of fused-ring (bicyclic) bond motifs is 2. The van der Waals surface area contributed by atoms with Gasteiger partial charge in [0.05, 0.1) is 48.7 Å². The molecule has 0 amide bonds. The van der Waals surface area contributed by atoms with Gasteiger partial charge in [0.15, 0.2) is 11.6 Å². The number of carbonyl (C=O) groups excluding carboxylic acids is 2. The number of Topliss-reactive ketones (excluding diaryl/α,β-unsaturated/α-hetero) is 2. The molecule has 3 aromatic heterocycles. The van der Waals surface area contributed by atoms with Crippen LogP contribution in [0.5, 0.6) is 11.5 Å². The van der Waals surface area contributed by atoms with Crippen LogP contribution in [0.1, 0.15) is 45.0 Å². The van der Waals surface area contributed by atoms with E-state index >= 15 is 0 Å². The highest BCUT2D eigenvalue weighted by atomic mass is 32.1. The number of carboxylic acid groups (broad SMARTS) is 2. The first kappa shape index (κ1) is 27.9. The van der Waals surface area contributed by atoms with Crippen LogP contribution in [-0.4, -0.2) is 62.9 Å². The summed E-state index contributed by atoms with van der Waals surface area (Å²) in [6, 6.07) is 10.8. The van der Waals surface area contributed by atoms with E-state index in [1.807, 2.05) is 12.1 Å². The average molecular weight is 594 g/mol. The number of carboxylic acids is 2. The molecule has 0 bridgehead atoms. The molecule has 11 nitrogen and oxygen atoms in total. The van der Waals surface area contributed by atoms with Crippen molar-refractivity contribution in [1.29, 1.82) is 0 Å². The summed E-state index contributed by atoms with van der Waals surface area (Å²) in [5.74, 6) is -1.54. The summed E-state index contributed by atoms with van der Waals surface area (Å²) in [7, 11) is 3.05. The van der Waals surface area contributed by atoms with Crippen molar-refractivity contribution in [2.75, 3.05) is 14.2 Å². The average Bonchev–Trinajstić information content (AvgIpc) is 3.70. The molecule has 13 heteroatoms. The third kappa shape index (κ3) is 5.67. The molecule has 3 heterocycles. The number of ether oxygens (including phenoxy) is 2. The molecule has 5 rings (SSSR count). The Morgan fingerprint density at radius 2 is 1.29 bits per heavy atom. The van der Waals surface area contributed by atoms with Gasteiger partial charge in [-0.25, -0.2) is 4.68 Å². The number of aliphatic carboxylic acids is 2. The van der Waals surface area contributed by atoms with Crippen molar-refractivity contribution < 1.29 is 38.9 Å². The fraction of sp³-hybridized carbons (Fsp3) is 0.214. The Morgan fingerprint density at radius 3 is 1.83 bits per heavy atom. The number of nitrogens with zero attached hydrogens (tertiary/aromatic N) is 3. The summed E-state index contributed by atoms with van der Waals surface area (Å²) < 4.78 is 14.5. The molecule has 0 aliphatic rings. The van der Waals surface area contributed by atoms with Crippen molar-refractivity contribution in [3.05, 3.63) is 52.3 Å². The van der Waals surface area contributed by atoms with E-state index in [1.54, 1.807) is 35.1 Å². The van der Waals surface area contributed by atoms with Gasteiger partial charge in [-0.1, -0.05) is 5.21 Å². The number of rotatable bonds is 12. The lowest BCUT2D eigenvalue weighted by Gasteiger charge is -2.13. The summed E-state index contributed by atoms with van der Waals surface area (Å²) in [6.45, 7) is 0. The zero-order valence-corrected chi connectivity index (χ0v) is 23.5. The standard InChI is InChI=1S/C28H23N3O8S2/c1-38-21-7-14-9-25(19(32)3-5-27(34)35)40-23(14)11-16(21)18-13-29-30-31(18)17-12-24-15(8-22(17)39-2)10-26(41-24)20(33)4-6-28(36)37/h7-13H,3-6H2,1-2H3,(H,34,35)(H,36,37). The molecular formula is C28H23N3O8S2. The lowest BCUT2D eigenvalue weighted by atomic mass is 10.1. The molecule has 0 spiro atoms. The number of hydrogen-bond donors (Lipinski definition) is 2. The molecule has 0 saturated carbocycles. The summed E-state index contributed by atoms with van der Waals surface area (Å²) in [6.07, 6.45) is 0.937. The van der Waals surface area contributed by atoms with Crippen molar-refractivity contribution >= 4 is 66.4 Å². The third-order valence-corrected chi connectivity index (χ3v) is 8.67. The maximum atomic E-state index is 12.5. The first-order valence-corrected chi connectivity index (χ1v) is 14.0. The van der Waals surface area contributed by atoms with Crippen LogP contribution in [0.3, 0.4) is 0 Å². The Morgan fingerprint density at radius 1 is 0.756 bits per heavy atom. The summed E-state index contributed by atoms with van der Waals surface area (Å²) in [4.78, 5) is 47.8. The van der Waals surface area contributed by atoms with Gasteiger partial charge in [-0.3, -0.25) is 19.2 Å². The molecule has 5 aromatic rings. The lowest BCUT2D eigenvalue weighted by molar-refractivity contribution is -0.137. The first-order valence-electron chi connectivity index (χ1n) is 12.3. The van der Waals surface area contributed by atoms with Crippen molar-refractivity contribution in [3.63, 3.8) is 0 Å². The molecule has 0 aliphatic heterocycles. The molecule has 0 radical (unpaired) electrons. The summed E-state index contributed by atoms with van der Waals surface area (Å²) in [5.41, 5.74) is 1.81. The van der Waals surface area contributed by atoms with Crippen LogP contribution in [0, 0.1) is 0 Å². The van der Waals surface area contributed by atoms with Gasteiger partial charge in [0.2, 0.25) is 0 Å². The quantitative estimate of drug-likeness (QED) is 0.178. The lowest BCUT2D eigenvalue weighted by Crippen LogP contribution is -2.03. The van der Waals surface area contributed by atoms with Crippen LogP contribution >= 0.6 is 22.7 Å². The molecule has 0 unspecified atom stereocenters. The number of ketones is 2. The van der Waals surface area contributed by atoms with Crippen LogP contribution in [0.25, 0.3) is 37.1 Å². The predicted octanol–water partition coefficient (Wildman–Crippen LogP) is 5.48. The number of carbonyl (C=O) groups is 4. The highest BCUT2D eigenvalue weighted by molar-refractivity contribution is 7.21. The second kappa shape index (κ2) is 11.5. The minimum absolute atomic E-state index is 0.0826. The van der Waals surface area contributed by atoms with Crippen LogP contribution < -0.4 is 9.47 Å². The van der Waals surface area contributed by atoms with Crippen LogP contribution in [0.4, 0.5) is 0 Å². The van der Waals surface area contributed by atoms with Gasteiger partial charge in [-0.15, -0.1) is 27.8 Å². The first-order chi connectivity index (χ1) is 19.7. The van der Waals surface area contributed by atoms with Crippen molar-refractivity contribution in [2.24, 2.45) is 0 Å². The molecule has 0 atom stereocenters. The fourth-order valence-corrected chi connectivity index (χ4v) is 6.47. The molecule has 2 aromatic carbocycles. The molecule has 2 N–H and O–H groups in total. The maximum absolute atomic E-state index is 12.5. The Bertz CT molecular complexity index is 1700. The Balaban J connectivity index is 1.56. The number of aromatic nitrogens is 3. The third-order valence-electron chi connectivity index (χ3n) is 6.39. The van der Waals surface area contributed by atoms with Gasteiger partial charge in [0, 0.05) is 27.8 Å². The SMILES string of the molecule is COc1cc2cc(C(=O)CCC(=O)O)sc2cc1-c1cnnn1-c1cc2sc(C(=O)CCC(=O)O)cc2cc1OC. The van der Waals surface area contributed by atoms with Gasteiger partial charge in [0.25, 0.3) is 0 Å². The predicted molar refractivity (Wildman–Crippen MR) is 153 cm³/mol. The number of methoxy groups -OCH3 is 2. The maximum Gasteiger partial charge on any atom is 0.303 e. The van der Waals surface area contributed by atoms with Crippen LogP contribution in [-0.2, 0) is 9.59 Å². The van der Waals surface area contributed by atoms with E-state index in [9.17, 15) is 19.2 Å². The van der Waals surface area contributed by atoms with E-state index in [0.717, 1.165) is 20.2 Å². The molecule has 41 heavy (non-hydrogen) atoms. The van der Waals surface area contributed by atoms with E-state index in [-0.39, 0.29) is 37.2 Å². The van der Waals surface area contributed by atoms with Gasteiger partial charge < -0.3 is 19.7 Å². The Hall–Kier alpha value is -4.62. The smallest absolute Gasteiger partial charge is 0.303 e. The second-order valence-electron chi connectivity index (χ2n) is 9.04. The second-order valence-corrected chi connectivity index (χ2v) is 11.2. The number of benzene rings is 2. The molecular weight excluding hydrogens is 570 g/mol. The van der Waals surface area contributed by atoms with Crippen molar-refractivity contribution in [2.45, 2.75) is 25.7 Å². The molecule has 210 valence electrons. The van der Waals surface area contributed by atoms with E-state index < -0.39 is 11.9 Å². The molecule has 0 fully saturated rings. The van der Waals surface area contributed by atoms with E-state index in [1.165, 1.54) is 36.9 Å². The number of hydrogen-bond acceptors (Lipinski definition) is 10. The van der Waals surface area contributed by atoms with Gasteiger partial charge in [-0.2, -0.15) is 0 Å². The normalized spacial score (nSPS) is 11.2. The van der Waals surface area contributed by atoms with Crippen molar-refractivity contribution in [3.8, 4) is 28.4 Å². The fourth-order valence-electron chi connectivity index (χ4n) is 4.38. The Kier molecular flexibility index (Phi) is 7.81. The van der Waals surface area contributed by atoms with Crippen LogP contribution in [0.15, 0.2) is 42.6 Å². The van der Waals surface area contributed by atoms with Gasteiger partial charge in [-0.05, 0) is 47.2 Å². The van der Waals surface area contributed by atoms with Crippen molar-refractivity contribution in [1.82, 2.24) is 15.0 Å². The summed E-state index contributed by atoms with van der Waals surface area (Å²) >= 11 is 2.53. The highest BCUT2D eigenvalue weighted by Gasteiger charge is 2.21. The largest absolute Gasteiger partial charge is 0.496 e. The minimum Gasteiger partial charge on any atom is -0.496 e. The van der Waals surface area contributed by atoms with Gasteiger partial charge >= 0.3 is 11.9 Å². The van der Waals surface area contributed by atoms with E-state index in [2.05, 4.69) is 10.3 Å². The highest BCUT2D eigenvalue weighted by Crippen LogP contribution is 2.40. The topological polar surface area (TPSA) is 158 Å². The zero-order chi connectivity index (χ0) is 29.3. The monoisotopic (exact) mass is 593 g/mol. The molecule has 0 saturated heterocycles. The van der Waals surface area contributed by atoms with E-state index in [4.69, 9.17) is 19.7 Å². The number of thiophene rings is 2. The molecule has 0 aliphatic carbocycles.